The van der Waals surface area contributed by atoms with E-state index in [9.17, 15) is 34.5 Å². The Morgan fingerprint density at radius 3 is 1.46 bits per heavy atom. The minimum Gasteiger partial charge on any atom is -0.479 e. The monoisotopic (exact) mass is 947 g/mol. The number of aliphatic carboxylic acids is 1. The highest BCUT2D eigenvalue weighted by molar-refractivity contribution is 5.74. The van der Waals surface area contributed by atoms with Crippen molar-refractivity contribution in [2.45, 2.75) is 263 Å². The molecule has 6 atom stereocenters. The van der Waals surface area contributed by atoms with Crippen molar-refractivity contribution < 1.29 is 58.2 Å². The lowest BCUT2D eigenvalue weighted by Gasteiger charge is -2.40. The van der Waals surface area contributed by atoms with Crippen LogP contribution in [0.5, 0.6) is 0 Å². The maximum atomic E-state index is 13.0. The second kappa shape index (κ2) is 43.9. The van der Waals surface area contributed by atoms with Gasteiger partial charge >= 0.3 is 23.9 Å². The first kappa shape index (κ1) is 61.7. The minimum atomic E-state index is -1.91. The molecule has 6 unspecified atom stereocenters. The Kier molecular flexibility index (Phi) is 40.4. The molecule has 0 saturated carbocycles. The maximum absolute atomic E-state index is 13.0. The summed E-state index contributed by atoms with van der Waals surface area (Å²) < 4.78 is 28.2. The van der Waals surface area contributed by atoms with E-state index >= 15 is 0 Å². The number of carboxylic acids is 1. The van der Waals surface area contributed by atoms with Gasteiger partial charge in [-0.2, -0.15) is 0 Å². The number of esters is 3. The summed E-state index contributed by atoms with van der Waals surface area (Å²) in [5.74, 6) is -3.15. The van der Waals surface area contributed by atoms with Gasteiger partial charge < -0.3 is 39.0 Å². The Bertz CT molecular complexity index is 1360. The van der Waals surface area contributed by atoms with Gasteiger partial charge in [-0.15, -0.1) is 0 Å². The summed E-state index contributed by atoms with van der Waals surface area (Å²) in [6.07, 6.45) is 38.2. The van der Waals surface area contributed by atoms with Crippen molar-refractivity contribution in [2.75, 3.05) is 13.2 Å². The normalized spacial score (nSPS) is 19.2. The zero-order valence-electron chi connectivity index (χ0n) is 42.1. The molecule has 12 heteroatoms. The molecule has 0 aromatic heterocycles. The predicted molar refractivity (Wildman–Crippen MR) is 266 cm³/mol. The summed E-state index contributed by atoms with van der Waals surface area (Å²) in [6, 6.07) is 0. The molecule has 1 fully saturated rings. The van der Waals surface area contributed by atoms with Gasteiger partial charge in [0.05, 0.1) is 6.61 Å². The standard InChI is InChI=1S/C55H94O12/c1-4-7-10-13-16-19-21-23-24-26-28-31-34-37-40-43-49(58)66-53-51(60)50(59)52(54(61)62)67-55(53)64-45-46(65-48(57)42-39-36-33-29-18-15-12-9-6-3)44-63-47(56)41-38-35-32-30-27-25-22-20-17-14-11-8-5-2/h7,10,16,19-20,22-24,46,50-53,55,59-60H,4-6,8-9,11-15,17-18,21,25-45H2,1-3H3,(H,61,62)/b10-7-,19-16-,22-20-,24-23-. The number of hydrogen-bond donors (Lipinski definition) is 3. The topological polar surface area (TPSA) is 175 Å². The molecule has 3 N–H and O–H groups in total. The number of ether oxygens (including phenoxy) is 5. The molecule has 1 aliphatic rings. The first-order valence-electron chi connectivity index (χ1n) is 26.6. The Labute approximate surface area is 405 Å². The third-order valence-corrected chi connectivity index (χ3v) is 11.9. The maximum Gasteiger partial charge on any atom is 0.335 e. The summed E-state index contributed by atoms with van der Waals surface area (Å²) in [5, 5.41) is 31.3. The number of allylic oxidation sites excluding steroid dienone is 8. The number of carbonyl (C=O) groups is 4. The predicted octanol–water partition coefficient (Wildman–Crippen LogP) is 12.7. The number of aliphatic hydroxyl groups excluding tert-OH is 2. The van der Waals surface area contributed by atoms with Crippen LogP contribution in [0.4, 0.5) is 0 Å². The van der Waals surface area contributed by atoms with E-state index in [0.717, 1.165) is 109 Å². The Balaban J connectivity index is 2.72. The van der Waals surface area contributed by atoms with Gasteiger partial charge in [-0.3, -0.25) is 14.4 Å². The zero-order valence-corrected chi connectivity index (χ0v) is 42.1. The van der Waals surface area contributed by atoms with Gasteiger partial charge in [0, 0.05) is 19.3 Å². The van der Waals surface area contributed by atoms with Crippen LogP contribution in [0.1, 0.15) is 226 Å². The molecule has 1 rings (SSSR count). The molecule has 0 amide bonds. The molecule has 0 bridgehead atoms. The second-order valence-electron chi connectivity index (χ2n) is 18.1. The lowest BCUT2D eigenvalue weighted by atomic mass is 9.98. The molecule has 0 spiro atoms. The fraction of sp³-hybridized carbons (Fsp3) is 0.782. The highest BCUT2D eigenvalue weighted by atomic mass is 16.7. The summed E-state index contributed by atoms with van der Waals surface area (Å²) in [7, 11) is 0. The van der Waals surface area contributed by atoms with Gasteiger partial charge in [0.1, 0.15) is 18.8 Å². The van der Waals surface area contributed by atoms with Crippen molar-refractivity contribution in [3.8, 4) is 0 Å². The molecule has 386 valence electrons. The van der Waals surface area contributed by atoms with Gasteiger partial charge in [0.2, 0.25) is 0 Å². The molecule has 1 saturated heterocycles. The van der Waals surface area contributed by atoms with Crippen molar-refractivity contribution in [1.29, 1.82) is 0 Å². The van der Waals surface area contributed by atoms with Crippen molar-refractivity contribution in [3.63, 3.8) is 0 Å². The molecule has 0 aromatic rings. The van der Waals surface area contributed by atoms with Crippen molar-refractivity contribution in [3.05, 3.63) is 48.6 Å². The summed E-state index contributed by atoms with van der Waals surface area (Å²) >= 11 is 0. The van der Waals surface area contributed by atoms with Crippen LogP contribution in [0.2, 0.25) is 0 Å². The Morgan fingerprint density at radius 1 is 0.507 bits per heavy atom. The quantitative estimate of drug-likeness (QED) is 0.0228. The van der Waals surface area contributed by atoms with Crippen LogP contribution in [0, 0.1) is 0 Å². The Hall–Kier alpha value is -3.32. The van der Waals surface area contributed by atoms with E-state index in [4.69, 9.17) is 23.7 Å². The third-order valence-electron chi connectivity index (χ3n) is 11.9. The first-order chi connectivity index (χ1) is 32.6. The molecule has 1 heterocycles. The van der Waals surface area contributed by atoms with Crippen LogP contribution in [0.3, 0.4) is 0 Å². The number of carboxylic acid groups (broad SMARTS) is 1. The van der Waals surface area contributed by atoms with Crippen LogP contribution in [-0.4, -0.2) is 89.2 Å². The van der Waals surface area contributed by atoms with Crippen molar-refractivity contribution >= 4 is 23.9 Å². The molecule has 67 heavy (non-hydrogen) atoms. The largest absolute Gasteiger partial charge is 0.479 e. The SMILES string of the molecule is CC/C=C\C/C=C\C/C=C\CCCCCCCC(=O)OC1C(OCC(COC(=O)CCCCCCC/C=C\CCCCCC)OC(=O)CCCCCCCCCCC)OC(C(=O)O)C(O)C1O. The average Bonchev–Trinajstić information content (AvgIpc) is 3.31. The van der Waals surface area contributed by atoms with Gasteiger partial charge in [-0.05, 0) is 77.0 Å². The summed E-state index contributed by atoms with van der Waals surface area (Å²) in [6.45, 7) is 5.81. The fourth-order valence-electron chi connectivity index (χ4n) is 7.79. The van der Waals surface area contributed by atoms with E-state index in [1.807, 2.05) is 0 Å². The van der Waals surface area contributed by atoms with Crippen LogP contribution >= 0.6 is 0 Å². The van der Waals surface area contributed by atoms with Crippen LogP contribution in [0.15, 0.2) is 48.6 Å². The average molecular weight is 947 g/mol. The molecular formula is C55H94O12. The van der Waals surface area contributed by atoms with Crippen molar-refractivity contribution in [1.82, 2.24) is 0 Å². The molecule has 0 aliphatic carbocycles. The molecular weight excluding hydrogens is 853 g/mol. The number of carbonyl (C=O) groups excluding carboxylic acids is 3. The first-order valence-corrected chi connectivity index (χ1v) is 26.6. The van der Waals surface area contributed by atoms with E-state index < -0.39 is 67.3 Å². The number of hydrogen-bond acceptors (Lipinski definition) is 11. The van der Waals surface area contributed by atoms with Gasteiger partial charge in [0.25, 0.3) is 0 Å². The fourth-order valence-corrected chi connectivity index (χ4v) is 7.79. The zero-order chi connectivity index (χ0) is 49.0. The van der Waals surface area contributed by atoms with E-state index in [-0.39, 0.29) is 25.9 Å². The highest BCUT2D eigenvalue weighted by Gasteiger charge is 2.50. The second-order valence-corrected chi connectivity index (χ2v) is 18.1. The van der Waals surface area contributed by atoms with Crippen LogP contribution in [0.25, 0.3) is 0 Å². The van der Waals surface area contributed by atoms with E-state index in [1.165, 1.54) is 57.8 Å². The van der Waals surface area contributed by atoms with Crippen molar-refractivity contribution in [2.24, 2.45) is 0 Å². The van der Waals surface area contributed by atoms with Crippen LogP contribution in [-0.2, 0) is 42.9 Å². The van der Waals surface area contributed by atoms with Crippen LogP contribution < -0.4 is 0 Å². The van der Waals surface area contributed by atoms with E-state index in [2.05, 4.69) is 69.4 Å². The van der Waals surface area contributed by atoms with E-state index in [0.29, 0.717) is 19.3 Å². The molecule has 0 radical (unpaired) electrons. The number of aliphatic hydroxyl groups is 2. The van der Waals surface area contributed by atoms with E-state index in [1.54, 1.807) is 0 Å². The highest BCUT2D eigenvalue weighted by Crippen LogP contribution is 2.26. The summed E-state index contributed by atoms with van der Waals surface area (Å²) in [4.78, 5) is 50.8. The number of rotatable bonds is 44. The summed E-state index contributed by atoms with van der Waals surface area (Å²) in [5.41, 5.74) is 0. The van der Waals surface area contributed by atoms with Gasteiger partial charge in [-0.1, -0.05) is 179 Å². The Morgan fingerprint density at radius 2 is 0.940 bits per heavy atom. The third kappa shape index (κ3) is 34.6. The smallest absolute Gasteiger partial charge is 0.335 e. The minimum absolute atomic E-state index is 0.0414. The molecule has 12 nitrogen and oxygen atoms in total. The molecule has 1 aliphatic heterocycles. The lowest BCUT2D eigenvalue weighted by Crippen LogP contribution is -2.61. The molecule has 0 aromatic carbocycles. The number of unbranched alkanes of at least 4 members (excludes halogenated alkanes) is 22. The lowest BCUT2D eigenvalue weighted by molar-refractivity contribution is -0.301. The van der Waals surface area contributed by atoms with Gasteiger partial charge in [0.15, 0.2) is 24.6 Å². The van der Waals surface area contributed by atoms with Gasteiger partial charge in [-0.25, -0.2) is 4.79 Å².